The number of amides is 2. The summed E-state index contributed by atoms with van der Waals surface area (Å²) in [4.78, 5) is 38.7. The van der Waals surface area contributed by atoms with Crippen molar-refractivity contribution in [3.63, 3.8) is 0 Å². The molecule has 2 aliphatic heterocycles. The van der Waals surface area contributed by atoms with Crippen molar-refractivity contribution in [2.75, 3.05) is 12.4 Å². The maximum absolute atomic E-state index is 13.1. The van der Waals surface area contributed by atoms with Gasteiger partial charge in [-0.15, -0.1) is 11.8 Å². The van der Waals surface area contributed by atoms with Gasteiger partial charge in [0.1, 0.15) is 11.1 Å². The van der Waals surface area contributed by atoms with E-state index in [0.717, 1.165) is 18.4 Å². The number of halogens is 1. The first kappa shape index (κ1) is 21.7. The summed E-state index contributed by atoms with van der Waals surface area (Å²) in [6.45, 7) is 3.98. The molecular weight excluding hydrogens is 416 g/mol. The number of unbranched alkanes of at least 4 members (excludes halogenated alkanes) is 1. The van der Waals surface area contributed by atoms with Gasteiger partial charge in [0.15, 0.2) is 0 Å². The number of nitrogens with zero attached hydrogens (tertiary/aromatic N) is 1. The molecule has 29 heavy (non-hydrogen) atoms. The molecule has 0 radical (unpaired) electrons. The van der Waals surface area contributed by atoms with E-state index in [1.54, 1.807) is 31.2 Å². The Balaban J connectivity index is 1.82. The normalized spacial score (nSPS) is 23.5. The molecule has 0 bridgehead atoms. The van der Waals surface area contributed by atoms with E-state index in [0.29, 0.717) is 23.0 Å². The first-order valence-corrected chi connectivity index (χ1v) is 10.8. The minimum absolute atomic E-state index is 0.0274. The fourth-order valence-corrected chi connectivity index (χ4v) is 4.86. The minimum Gasteiger partial charge on any atom is -0.477 e. The second-order valence-electron chi connectivity index (χ2n) is 7.06. The zero-order valence-corrected chi connectivity index (χ0v) is 17.8. The van der Waals surface area contributed by atoms with Gasteiger partial charge in [0, 0.05) is 10.8 Å². The molecule has 7 nitrogen and oxygen atoms in total. The first-order chi connectivity index (χ1) is 13.8. The lowest BCUT2D eigenvalue weighted by atomic mass is 9.97. The van der Waals surface area contributed by atoms with Crippen LogP contribution in [0.3, 0.4) is 0 Å². The average molecular weight is 439 g/mol. The molecular formula is C20H23ClN2O5S. The summed E-state index contributed by atoms with van der Waals surface area (Å²) < 4.78 is 5.90. The Morgan fingerprint density at radius 3 is 2.69 bits per heavy atom. The maximum Gasteiger partial charge on any atom is 0.352 e. The van der Waals surface area contributed by atoms with Gasteiger partial charge in [0.2, 0.25) is 5.91 Å². The van der Waals surface area contributed by atoms with Crippen molar-refractivity contribution >= 4 is 41.1 Å². The van der Waals surface area contributed by atoms with Crippen LogP contribution in [-0.4, -0.2) is 51.2 Å². The minimum atomic E-state index is -1.55. The summed E-state index contributed by atoms with van der Waals surface area (Å²) in [6.07, 6.45) is 1.64. The van der Waals surface area contributed by atoms with Crippen LogP contribution in [0.15, 0.2) is 35.5 Å². The van der Waals surface area contributed by atoms with E-state index in [1.165, 1.54) is 16.7 Å². The lowest BCUT2D eigenvalue weighted by molar-refractivity contribution is -0.198. The topological polar surface area (TPSA) is 95.9 Å². The predicted molar refractivity (Wildman–Crippen MR) is 110 cm³/mol. The summed E-state index contributed by atoms with van der Waals surface area (Å²) in [6, 6.07) is 6.87. The van der Waals surface area contributed by atoms with Crippen molar-refractivity contribution in [3.8, 4) is 0 Å². The molecule has 1 aromatic rings. The number of benzene rings is 1. The fraction of sp³-hybridized carbons (Fsp3) is 0.450. The molecule has 156 valence electrons. The molecule has 1 unspecified atom stereocenters. The van der Waals surface area contributed by atoms with Crippen LogP contribution in [0.5, 0.6) is 0 Å². The molecule has 0 saturated carbocycles. The van der Waals surface area contributed by atoms with E-state index in [2.05, 4.69) is 5.32 Å². The van der Waals surface area contributed by atoms with Gasteiger partial charge in [-0.25, -0.2) is 4.79 Å². The quantitative estimate of drug-likeness (QED) is 0.368. The number of β-lactam (4-membered cyclic amide) rings is 1. The van der Waals surface area contributed by atoms with E-state index in [9.17, 15) is 19.5 Å². The number of aliphatic carboxylic acids is 1. The number of nitrogens with one attached hydrogen (secondary N) is 1. The molecule has 1 fully saturated rings. The first-order valence-electron chi connectivity index (χ1n) is 9.38. The Labute approximate surface area is 178 Å². The van der Waals surface area contributed by atoms with Crippen molar-refractivity contribution in [2.24, 2.45) is 0 Å². The van der Waals surface area contributed by atoms with Crippen molar-refractivity contribution < 1.29 is 24.2 Å². The van der Waals surface area contributed by atoms with Crippen molar-refractivity contribution in [1.82, 2.24) is 10.2 Å². The number of carboxylic acid groups (broad SMARTS) is 1. The number of ether oxygens (including phenoxy) is 1. The number of rotatable bonds is 8. The number of fused-ring (bicyclic) bond motifs is 1. The van der Waals surface area contributed by atoms with E-state index >= 15 is 0 Å². The Bertz CT molecular complexity index is 857. The van der Waals surface area contributed by atoms with Crippen LogP contribution in [0.4, 0.5) is 0 Å². The predicted octanol–water partition coefficient (Wildman–Crippen LogP) is 2.79. The summed E-state index contributed by atoms with van der Waals surface area (Å²) in [5.74, 6) is -1.63. The van der Waals surface area contributed by atoms with Crippen molar-refractivity contribution in [1.29, 1.82) is 0 Å². The fourth-order valence-electron chi connectivity index (χ4n) is 3.38. The van der Waals surface area contributed by atoms with Gasteiger partial charge in [-0.05, 0) is 36.6 Å². The highest BCUT2D eigenvalue weighted by molar-refractivity contribution is 8.00. The van der Waals surface area contributed by atoms with Gasteiger partial charge in [-0.3, -0.25) is 14.5 Å². The second kappa shape index (κ2) is 8.77. The molecule has 3 rings (SSSR count). The SMILES string of the molecule is CCCCOC1(NC(=O)Cc2ccc(Cl)cc2)C(=O)N2C(C(=O)O)=C(C)CS[C@@H]21. The number of carbonyl (C=O) groups excluding carboxylic acids is 2. The van der Waals surface area contributed by atoms with Crippen LogP contribution in [0.25, 0.3) is 0 Å². The van der Waals surface area contributed by atoms with Crippen molar-refractivity contribution in [2.45, 2.75) is 44.2 Å². The Kier molecular flexibility index (Phi) is 6.55. The molecule has 0 spiro atoms. The average Bonchev–Trinajstić information content (AvgIpc) is 2.68. The molecule has 2 heterocycles. The Hall–Kier alpha value is -2.03. The number of hydrogen-bond donors (Lipinski definition) is 2. The third kappa shape index (κ3) is 4.15. The van der Waals surface area contributed by atoms with Crippen molar-refractivity contribution in [3.05, 3.63) is 46.1 Å². The largest absolute Gasteiger partial charge is 0.477 e. The van der Waals surface area contributed by atoms with E-state index in [1.807, 2.05) is 6.92 Å². The van der Waals surface area contributed by atoms with E-state index in [-0.39, 0.29) is 18.0 Å². The summed E-state index contributed by atoms with van der Waals surface area (Å²) in [7, 11) is 0. The number of carbonyl (C=O) groups is 3. The number of hydrogen-bond acceptors (Lipinski definition) is 5. The van der Waals surface area contributed by atoms with Crippen LogP contribution < -0.4 is 5.32 Å². The molecule has 2 aliphatic rings. The lowest BCUT2D eigenvalue weighted by Crippen LogP contribution is -2.81. The zero-order chi connectivity index (χ0) is 21.2. The standard InChI is InChI=1S/C20H23ClN2O5S/c1-3-4-9-28-20(22-15(24)10-13-5-7-14(21)8-6-13)18(27)23-16(17(25)26)12(2)11-29-19(20)23/h5-8,19H,3-4,9-11H2,1-2H3,(H,22,24)(H,25,26)/t19-,20?/m1/s1. The highest BCUT2D eigenvalue weighted by atomic mass is 35.5. The molecule has 2 N–H and O–H groups in total. The van der Waals surface area contributed by atoms with Gasteiger partial charge in [-0.1, -0.05) is 37.1 Å². The zero-order valence-electron chi connectivity index (χ0n) is 16.2. The third-order valence-electron chi connectivity index (χ3n) is 4.85. The number of carboxylic acids is 1. The van der Waals surface area contributed by atoms with Crippen LogP contribution in [0, 0.1) is 0 Å². The van der Waals surface area contributed by atoms with E-state index in [4.69, 9.17) is 16.3 Å². The van der Waals surface area contributed by atoms with Gasteiger partial charge in [0.05, 0.1) is 13.0 Å². The summed E-state index contributed by atoms with van der Waals surface area (Å²) >= 11 is 7.27. The molecule has 0 aliphatic carbocycles. The summed E-state index contributed by atoms with van der Waals surface area (Å²) in [5, 5.41) is 12.2. The highest BCUT2D eigenvalue weighted by Gasteiger charge is 2.66. The van der Waals surface area contributed by atoms with Gasteiger partial charge >= 0.3 is 5.97 Å². The smallest absolute Gasteiger partial charge is 0.352 e. The maximum atomic E-state index is 13.1. The van der Waals surface area contributed by atoms with E-state index < -0.39 is 23.0 Å². The summed E-state index contributed by atoms with van der Waals surface area (Å²) in [5.41, 5.74) is -0.218. The molecule has 9 heteroatoms. The van der Waals surface area contributed by atoms with Crippen LogP contribution in [0.2, 0.25) is 5.02 Å². The lowest BCUT2D eigenvalue weighted by Gasteiger charge is -2.56. The molecule has 0 aromatic heterocycles. The van der Waals surface area contributed by atoms with Crippen LogP contribution in [0.1, 0.15) is 32.3 Å². The van der Waals surface area contributed by atoms with Crippen LogP contribution >= 0.6 is 23.4 Å². The Morgan fingerprint density at radius 1 is 1.38 bits per heavy atom. The molecule has 1 aromatic carbocycles. The molecule has 2 atom stereocenters. The van der Waals surface area contributed by atoms with Gasteiger partial charge < -0.3 is 15.2 Å². The monoisotopic (exact) mass is 438 g/mol. The van der Waals surface area contributed by atoms with Gasteiger partial charge in [0.25, 0.3) is 11.6 Å². The highest BCUT2D eigenvalue weighted by Crippen LogP contribution is 2.46. The second-order valence-corrected chi connectivity index (χ2v) is 8.57. The molecule has 1 saturated heterocycles. The Morgan fingerprint density at radius 2 is 2.07 bits per heavy atom. The van der Waals surface area contributed by atoms with Crippen LogP contribution in [-0.2, 0) is 25.5 Å². The molecule has 2 amide bonds. The number of thioether (sulfide) groups is 1. The third-order valence-corrected chi connectivity index (χ3v) is 6.57. The van der Waals surface area contributed by atoms with Gasteiger partial charge in [-0.2, -0.15) is 0 Å².